The maximum Gasteiger partial charge on any atom is 0.354 e. The van der Waals surface area contributed by atoms with E-state index in [4.69, 9.17) is 28.3 Å². The molecule has 116 valence electrons. The summed E-state index contributed by atoms with van der Waals surface area (Å²) in [6, 6.07) is 10.3. The molecule has 2 aromatic rings. The molecule has 0 aliphatic heterocycles. The van der Waals surface area contributed by atoms with Gasteiger partial charge in [-0.25, -0.2) is 14.1 Å². The summed E-state index contributed by atoms with van der Waals surface area (Å²) >= 11 is 11.6. The molecule has 3 N–H and O–H groups in total. The predicted octanol–water partition coefficient (Wildman–Crippen LogP) is 4.23. The summed E-state index contributed by atoms with van der Waals surface area (Å²) in [5, 5.41) is 8.73. The fraction of sp³-hybridized carbons (Fsp3) is 0.0714. The van der Waals surface area contributed by atoms with E-state index < -0.39 is 15.9 Å². The summed E-state index contributed by atoms with van der Waals surface area (Å²) in [6.45, 7) is 1.89. The lowest BCUT2D eigenvalue weighted by Gasteiger charge is -2.06. The van der Waals surface area contributed by atoms with E-state index in [2.05, 4.69) is 9.68 Å². The predicted molar refractivity (Wildman–Crippen MR) is 89.7 cm³/mol. The number of carbonyl (C=O) groups is 1. The molecule has 0 heterocycles. The molecule has 1 unspecified atom stereocenters. The number of aryl methyl sites for hydroxylation is 1. The average Bonchev–Trinajstić information content (AvgIpc) is 2.42. The van der Waals surface area contributed by atoms with Gasteiger partial charge in [0.2, 0.25) is 0 Å². The van der Waals surface area contributed by atoms with E-state index in [0.29, 0.717) is 10.7 Å². The van der Waals surface area contributed by atoms with E-state index in [-0.39, 0.29) is 9.92 Å². The van der Waals surface area contributed by atoms with Gasteiger partial charge >= 0.3 is 6.03 Å². The fourth-order valence-corrected chi connectivity index (χ4v) is 2.85. The Kier molecular flexibility index (Phi) is 5.08. The number of rotatable bonds is 2. The molecule has 0 aromatic heterocycles. The zero-order valence-electron chi connectivity index (χ0n) is 11.5. The molecule has 0 spiro atoms. The second kappa shape index (κ2) is 6.66. The molecule has 0 fully saturated rings. The van der Waals surface area contributed by atoms with Gasteiger partial charge in [0.15, 0.2) is 0 Å². The van der Waals surface area contributed by atoms with Crippen molar-refractivity contribution in [2.24, 2.45) is 9.50 Å². The molecule has 2 aromatic carbocycles. The van der Waals surface area contributed by atoms with Gasteiger partial charge in [0.1, 0.15) is 9.92 Å². The molecule has 0 radical (unpaired) electrons. The number of nitrogens with zero attached hydrogens (tertiary/aromatic N) is 1. The third-order valence-electron chi connectivity index (χ3n) is 2.75. The third-order valence-corrected chi connectivity index (χ3v) is 4.87. The van der Waals surface area contributed by atoms with Crippen molar-refractivity contribution >= 4 is 44.8 Å². The summed E-state index contributed by atoms with van der Waals surface area (Å²) < 4.78 is 15.9. The van der Waals surface area contributed by atoms with Crippen LogP contribution in [0.25, 0.3) is 0 Å². The lowest BCUT2D eigenvalue weighted by atomic mass is 10.2. The lowest BCUT2D eigenvalue weighted by Crippen LogP contribution is -2.17. The van der Waals surface area contributed by atoms with Gasteiger partial charge in [0.25, 0.3) is 0 Å². The lowest BCUT2D eigenvalue weighted by molar-refractivity contribution is 0.260. The molecule has 2 rings (SSSR count). The Bertz CT molecular complexity index is 828. The van der Waals surface area contributed by atoms with E-state index in [1.54, 1.807) is 30.3 Å². The van der Waals surface area contributed by atoms with E-state index >= 15 is 0 Å². The molecule has 22 heavy (non-hydrogen) atoms. The monoisotopic (exact) mass is 357 g/mol. The molecular weight excluding hydrogens is 345 g/mol. The number of hydrogen-bond donors (Lipinski definition) is 2. The highest BCUT2D eigenvalue weighted by Crippen LogP contribution is 2.25. The Hall–Kier alpha value is -1.60. The van der Waals surface area contributed by atoms with Gasteiger partial charge in [0.05, 0.1) is 14.9 Å². The van der Waals surface area contributed by atoms with Crippen LogP contribution in [0.4, 0.5) is 10.5 Å². The normalized spacial score (nSPS) is 13.3. The fourth-order valence-electron chi connectivity index (χ4n) is 1.63. The first-order chi connectivity index (χ1) is 10.3. The van der Waals surface area contributed by atoms with E-state index in [1.807, 2.05) is 6.92 Å². The minimum absolute atomic E-state index is 0.280. The van der Waals surface area contributed by atoms with Crippen molar-refractivity contribution in [3.63, 3.8) is 0 Å². The van der Waals surface area contributed by atoms with Crippen molar-refractivity contribution in [1.82, 2.24) is 0 Å². The number of carbonyl (C=O) groups excluding carboxylic acids is 1. The van der Waals surface area contributed by atoms with Crippen LogP contribution in [0.2, 0.25) is 10.0 Å². The first-order valence-electron chi connectivity index (χ1n) is 6.15. The van der Waals surface area contributed by atoms with Gasteiger partial charge in [-0.3, -0.25) is 0 Å². The van der Waals surface area contributed by atoms with Gasteiger partial charge in [-0.1, -0.05) is 40.9 Å². The zero-order valence-corrected chi connectivity index (χ0v) is 13.9. The molecule has 8 heteroatoms. The van der Waals surface area contributed by atoms with Crippen LogP contribution in [0.15, 0.2) is 51.7 Å². The quantitative estimate of drug-likeness (QED) is 0.842. The van der Waals surface area contributed by atoms with Gasteiger partial charge in [-0.15, -0.1) is 4.36 Å². The Labute approximate surface area is 138 Å². The van der Waals surface area contributed by atoms with Crippen LogP contribution in [0.3, 0.4) is 0 Å². The topological polar surface area (TPSA) is 84.6 Å². The van der Waals surface area contributed by atoms with Crippen LogP contribution in [0, 0.1) is 6.92 Å². The molecule has 0 saturated heterocycles. The minimum Gasteiger partial charge on any atom is -0.305 e. The number of anilines is 1. The molecule has 0 aliphatic carbocycles. The highest BCUT2D eigenvalue weighted by atomic mass is 35.5. The van der Waals surface area contributed by atoms with Crippen molar-refractivity contribution in [1.29, 1.82) is 0 Å². The summed E-state index contributed by atoms with van der Waals surface area (Å²) in [5.74, 6) is 0. The molecule has 2 amide bonds. The van der Waals surface area contributed by atoms with Gasteiger partial charge in [-0.2, -0.15) is 0 Å². The zero-order chi connectivity index (χ0) is 16.3. The van der Waals surface area contributed by atoms with Crippen molar-refractivity contribution < 1.29 is 9.00 Å². The van der Waals surface area contributed by atoms with Crippen LogP contribution in [0.1, 0.15) is 5.56 Å². The average molecular weight is 358 g/mol. The Morgan fingerprint density at radius 2 is 1.77 bits per heavy atom. The number of benzene rings is 2. The largest absolute Gasteiger partial charge is 0.354 e. The van der Waals surface area contributed by atoms with Gasteiger partial charge in [-0.05, 0) is 37.3 Å². The number of halogens is 2. The van der Waals surface area contributed by atoms with Crippen molar-refractivity contribution in [2.45, 2.75) is 11.8 Å². The number of amides is 2. The first kappa shape index (κ1) is 16.8. The summed E-state index contributed by atoms with van der Waals surface area (Å²) in [6.07, 6.45) is 0. The maximum atomic E-state index is 12.3. The summed E-state index contributed by atoms with van der Waals surface area (Å²) in [7, 11) is -3.31. The SMILES string of the molecule is Cc1ccc(S(N)(=O)=NC(=O)Nc2ccc(Cl)c(Cl)c2)cc1. The van der Waals surface area contributed by atoms with E-state index in [9.17, 15) is 9.00 Å². The van der Waals surface area contributed by atoms with Gasteiger partial charge < -0.3 is 5.32 Å². The van der Waals surface area contributed by atoms with Crippen molar-refractivity contribution in [3.8, 4) is 0 Å². The van der Waals surface area contributed by atoms with Crippen LogP contribution < -0.4 is 10.5 Å². The number of urea groups is 1. The van der Waals surface area contributed by atoms with E-state index in [0.717, 1.165) is 5.56 Å². The molecular formula is C14H13Cl2N3O2S. The van der Waals surface area contributed by atoms with Crippen LogP contribution in [0.5, 0.6) is 0 Å². The van der Waals surface area contributed by atoms with Crippen LogP contribution in [-0.2, 0) is 9.92 Å². The molecule has 0 aliphatic rings. The van der Waals surface area contributed by atoms with Crippen molar-refractivity contribution in [2.75, 3.05) is 5.32 Å². The second-order valence-electron chi connectivity index (χ2n) is 4.53. The Morgan fingerprint density at radius 1 is 1.14 bits per heavy atom. The first-order valence-corrected chi connectivity index (χ1v) is 8.49. The highest BCUT2D eigenvalue weighted by molar-refractivity contribution is 7.91. The molecule has 0 saturated carbocycles. The smallest absolute Gasteiger partial charge is 0.305 e. The number of nitrogens with one attached hydrogen (secondary N) is 1. The number of hydrogen-bond acceptors (Lipinski definition) is 2. The van der Waals surface area contributed by atoms with Gasteiger partial charge in [0, 0.05) is 5.69 Å². The second-order valence-corrected chi connectivity index (χ2v) is 7.14. The Balaban J connectivity index is 2.23. The molecule has 1 atom stereocenters. The number of nitrogens with two attached hydrogens (primary N) is 1. The maximum absolute atomic E-state index is 12.3. The summed E-state index contributed by atoms with van der Waals surface area (Å²) in [4.78, 5) is 12.1. The standard InChI is InChI=1S/C14H13Cl2N3O2S/c1-9-2-5-11(6-3-9)22(17,21)19-14(20)18-10-4-7-12(15)13(16)8-10/h2-8H,1H3,(H3,17,18,19,20,21). The Morgan fingerprint density at radius 3 is 2.36 bits per heavy atom. The van der Waals surface area contributed by atoms with Crippen LogP contribution >= 0.6 is 23.2 Å². The van der Waals surface area contributed by atoms with Crippen molar-refractivity contribution in [3.05, 3.63) is 58.1 Å². The molecule has 5 nitrogen and oxygen atoms in total. The van der Waals surface area contributed by atoms with E-state index in [1.165, 1.54) is 12.1 Å². The summed E-state index contributed by atoms with van der Waals surface area (Å²) in [5.41, 5.74) is 1.36. The third kappa shape index (κ3) is 4.20. The molecule has 0 bridgehead atoms. The van der Waals surface area contributed by atoms with Crippen LogP contribution in [-0.4, -0.2) is 10.2 Å². The highest BCUT2D eigenvalue weighted by Gasteiger charge is 2.10. The minimum atomic E-state index is -3.31.